The SMILES string of the molecule is Cc1ccc(NC(=O)C(=Cc2ccc(-c3ccccc3Cl)o2)c2nn[nH]n2)cc1. The Morgan fingerprint density at radius 2 is 1.90 bits per heavy atom. The van der Waals surface area contributed by atoms with E-state index in [2.05, 4.69) is 25.9 Å². The number of aromatic nitrogens is 4. The summed E-state index contributed by atoms with van der Waals surface area (Å²) in [5.74, 6) is 0.822. The van der Waals surface area contributed by atoms with E-state index in [0.29, 0.717) is 22.2 Å². The van der Waals surface area contributed by atoms with Gasteiger partial charge in [-0.1, -0.05) is 41.4 Å². The van der Waals surface area contributed by atoms with Crippen molar-refractivity contribution in [1.29, 1.82) is 0 Å². The smallest absolute Gasteiger partial charge is 0.259 e. The lowest BCUT2D eigenvalue weighted by Crippen LogP contribution is -2.14. The van der Waals surface area contributed by atoms with Crippen LogP contribution in [-0.4, -0.2) is 26.5 Å². The van der Waals surface area contributed by atoms with Crippen LogP contribution in [0.4, 0.5) is 5.69 Å². The third-order valence-corrected chi connectivity index (χ3v) is 4.52. The molecule has 0 saturated carbocycles. The van der Waals surface area contributed by atoms with E-state index in [0.717, 1.165) is 11.1 Å². The van der Waals surface area contributed by atoms with Gasteiger partial charge in [-0.25, -0.2) is 0 Å². The molecule has 0 radical (unpaired) electrons. The van der Waals surface area contributed by atoms with Gasteiger partial charge in [0.05, 0.1) is 10.6 Å². The Morgan fingerprint density at radius 1 is 1.10 bits per heavy atom. The fourth-order valence-electron chi connectivity index (χ4n) is 2.72. The summed E-state index contributed by atoms with van der Waals surface area (Å²) in [6.07, 6.45) is 1.56. The number of benzene rings is 2. The topological polar surface area (TPSA) is 96.7 Å². The number of carbonyl (C=O) groups excluding carboxylic acids is 1. The second-order valence-corrected chi connectivity index (χ2v) is 6.70. The number of aryl methyl sites for hydroxylation is 1. The maximum atomic E-state index is 12.9. The van der Waals surface area contributed by atoms with Crippen LogP contribution >= 0.6 is 11.6 Å². The molecule has 0 aliphatic heterocycles. The summed E-state index contributed by atoms with van der Waals surface area (Å²) >= 11 is 6.23. The van der Waals surface area contributed by atoms with Crippen LogP contribution < -0.4 is 5.32 Å². The van der Waals surface area contributed by atoms with Crippen molar-refractivity contribution in [2.45, 2.75) is 6.92 Å². The fourth-order valence-corrected chi connectivity index (χ4v) is 2.95. The minimum absolute atomic E-state index is 0.158. The summed E-state index contributed by atoms with van der Waals surface area (Å²) in [5.41, 5.74) is 2.73. The number of hydrogen-bond acceptors (Lipinski definition) is 5. The maximum Gasteiger partial charge on any atom is 0.259 e. The van der Waals surface area contributed by atoms with Crippen LogP contribution in [0.1, 0.15) is 17.1 Å². The quantitative estimate of drug-likeness (QED) is 0.473. The number of hydrogen-bond donors (Lipinski definition) is 2. The van der Waals surface area contributed by atoms with E-state index < -0.39 is 0 Å². The Morgan fingerprint density at radius 3 is 2.62 bits per heavy atom. The van der Waals surface area contributed by atoms with Gasteiger partial charge in [-0.05, 0) is 54.6 Å². The summed E-state index contributed by atoms with van der Waals surface area (Å²) in [6.45, 7) is 1.98. The highest BCUT2D eigenvalue weighted by Gasteiger charge is 2.18. The molecule has 2 aromatic carbocycles. The monoisotopic (exact) mass is 405 g/mol. The molecule has 2 N–H and O–H groups in total. The van der Waals surface area contributed by atoms with Gasteiger partial charge in [0.15, 0.2) is 0 Å². The number of halogens is 1. The molecule has 144 valence electrons. The van der Waals surface area contributed by atoms with E-state index in [4.69, 9.17) is 16.0 Å². The molecule has 7 nitrogen and oxygen atoms in total. The predicted octanol–water partition coefficient (Wildman–Crippen LogP) is 4.60. The van der Waals surface area contributed by atoms with Gasteiger partial charge >= 0.3 is 0 Å². The summed E-state index contributed by atoms with van der Waals surface area (Å²) in [5, 5.41) is 17.2. The third-order valence-electron chi connectivity index (χ3n) is 4.19. The summed E-state index contributed by atoms with van der Waals surface area (Å²) in [4.78, 5) is 12.9. The number of nitrogens with zero attached hydrogens (tertiary/aromatic N) is 3. The number of furan rings is 1. The van der Waals surface area contributed by atoms with E-state index in [1.807, 2.05) is 49.4 Å². The molecule has 4 rings (SSSR count). The van der Waals surface area contributed by atoms with Gasteiger partial charge in [-0.2, -0.15) is 5.21 Å². The highest BCUT2D eigenvalue weighted by atomic mass is 35.5. The molecule has 1 amide bonds. The zero-order valence-corrected chi connectivity index (χ0v) is 16.1. The zero-order chi connectivity index (χ0) is 20.2. The maximum absolute atomic E-state index is 12.9. The van der Waals surface area contributed by atoms with Gasteiger partial charge in [0.1, 0.15) is 11.5 Å². The molecule has 0 fully saturated rings. The average molecular weight is 406 g/mol. The number of aromatic amines is 1. The van der Waals surface area contributed by atoms with E-state index in [1.165, 1.54) is 0 Å². The van der Waals surface area contributed by atoms with Crippen LogP contribution in [0.3, 0.4) is 0 Å². The van der Waals surface area contributed by atoms with Crippen LogP contribution in [0.25, 0.3) is 23.0 Å². The number of amides is 1. The Balaban J connectivity index is 1.66. The zero-order valence-electron chi connectivity index (χ0n) is 15.4. The minimum Gasteiger partial charge on any atom is -0.457 e. The lowest BCUT2D eigenvalue weighted by molar-refractivity contribution is -0.111. The predicted molar refractivity (Wildman–Crippen MR) is 111 cm³/mol. The highest BCUT2D eigenvalue weighted by molar-refractivity contribution is 6.33. The van der Waals surface area contributed by atoms with Gasteiger partial charge < -0.3 is 9.73 Å². The molecular formula is C21H16ClN5O2. The molecule has 29 heavy (non-hydrogen) atoms. The number of carbonyl (C=O) groups is 1. The lowest BCUT2D eigenvalue weighted by Gasteiger charge is -2.06. The molecule has 8 heteroatoms. The summed E-state index contributed by atoms with van der Waals surface area (Å²) in [7, 11) is 0. The van der Waals surface area contributed by atoms with Gasteiger partial charge in [0, 0.05) is 11.3 Å². The van der Waals surface area contributed by atoms with E-state index >= 15 is 0 Å². The van der Waals surface area contributed by atoms with Crippen LogP contribution in [0.15, 0.2) is 65.1 Å². The standard InChI is InChI=1S/C21H16ClN5O2/c1-13-6-8-14(9-7-13)23-21(28)17(20-24-26-27-25-20)12-15-10-11-19(29-15)16-4-2-3-5-18(16)22/h2-12H,1H3,(H,23,28)(H,24,25,26,27). The van der Waals surface area contributed by atoms with Crippen molar-refractivity contribution in [2.75, 3.05) is 5.32 Å². The molecule has 0 saturated heterocycles. The Labute approximate surface area is 171 Å². The number of anilines is 1. The number of rotatable bonds is 5. The van der Waals surface area contributed by atoms with Crippen molar-refractivity contribution in [3.8, 4) is 11.3 Å². The van der Waals surface area contributed by atoms with Crippen molar-refractivity contribution in [3.05, 3.63) is 82.8 Å². The fraction of sp³-hybridized carbons (Fsp3) is 0.0476. The first kappa shape index (κ1) is 18.6. The second kappa shape index (κ2) is 8.12. The van der Waals surface area contributed by atoms with Crippen molar-refractivity contribution in [2.24, 2.45) is 0 Å². The van der Waals surface area contributed by atoms with Crippen LogP contribution in [0.2, 0.25) is 5.02 Å². The molecule has 2 aromatic heterocycles. The van der Waals surface area contributed by atoms with E-state index in [9.17, 15) is 4.79 Å². The van der Waals surface area contributed by atoms with Crippen molar-refractivity contribution in [1.82, 2.24) is 20.6 Å². The van der Waals surface area contributed by atoms with E-state index in [1.54, 1.807) is 24.3 Å². The molecule has 0 aliphatic carbocycles. The molecule has 0 aliphatic rings. The van der Waals surface area contributed by atoms with E-state index in [-0.39, 0.29) is 17.3 Å². The van der Waals surface area contributed by atoms with Crippen molar-refractivity contribution >= 4 is 34.8 Å². The Kier molecular flexibility index (Phi) is 5.22. The van der Waals surface area contributed by atoms with Gasteiger partial charge in [-0.15, -0.1) is 10.2 Å². The molecule has 2 heterocycles. The minimum atomic E-state index is -0.383. The Hall–Kier alpha value is -3.71. The molecular weight excluding hydrogens is 390 g/mol. The highest BCUT2D eigenvalue weighted by Crippen LogP contribution is 2.30. The molecule has 0 atom stereocenters. The van der Waals surface area contributed by atoms with Gasteiger partial charge in [-0.3, -0.25) is 4.79 Å². The number of H-pyrrole nitrogens is 1. The van der Waals surface area contributed by atoms with Crippen molar-refractivity contribution < 1.29 is 9.21 Å². The first-order valence-electron chi connectivity index (χ1n) is 8.78. The number of tetrazole rings is 1. The average Bonchev–Trinajstić information content (AvgIpc) is 3.40. The van der Waals surface area contributed by atoms with Gasteiger partial charge in [0.25, 0.3) is 5.91 Å². The molecule has 0 spiro atoms. The summed E-state index contributed by atoms with van der Waals surface area (Å²) < 4.78 is 5.87. The van der Waals surface area contributed by atoms with Crippen LogP contribution in [0.5, 0.6) is 0 Å². The molecule has 0 unspecified atom stereocenters. The first-order valence-corrected chi connectivity index (χ1v) is 9.16. The van der Waals surface area contributed by atoms with Crippen molar-refractivity contribution in [3.63, 3.8) is 0 Å². The largest absolute Gasteiger partial charge is 0.457 e. The third kappa shape index (κ3) is 4.25. The van der Waals surface area contributed by atoms with Crippen LogP contribution in [-0.2, 0) is 4.79 Å². The lowest BCUT2D eigenvalue weighted by atomic mass is 10.1. The van der Waals surface area contributed by atoms with Gasteiger partial charge in [0.2, 0.25) is 5.82 Å². The Bertz CT molecular complexity index is 1160. The summed E-state index contributed by atoms with van der Waals surface area (Å²) in [6, 6.07) is 18.4. The van der Waals surface area contributed by atoms with Crippen LogP contribution in [0, 0.1) is 6.92 Å². The first-order chi connectivity index (χ1) is 14.1. The molecule has 4 aromatic rings. The number of nitrogens with one attached hydrogen (secondary N) is 2. The normalized spacial score (nSPS) is 11.4. The molecule has 0 bridgehead atoms. The second-order valence-electron chi connectivity index (χ2n) is 6.30.